The molecule has 35 heavy (non-hydrogen) atoms. The van der Waals surface area contributed by atoms with Gasteiger partial charge in [0.05, 0.1) is 18.6 Å². The lowest BCUT2D eigenvalue weighted by atomic mass is 10.0. The molecule has 2 atom stereocenters. The Labute approximate surface area is 207 Å². The van der Waals surface area contributed by atoms with Gasteiger partial charge in [-0.25, -0.2) is 14.5 Å². The molecule has 0 bridgehead atoms. The number of amides is 3. The van der Waals surface area contributed by atoms with Crippen LogP contribution in [0, 0.1) is 5.92 Å². The van der Waals surface area contributed by atoms with Crippen LogP contribution in [0.1, 0.15) is 45.7 Å². The summed E-state index contributed by atoms with van der Waals surface area (Å²) >= 11 is 0. The number of ether oxygens (including phenoxy) is 2. The van der Waals surface area contributed by atoms with Gasteiger partial charge in [-0.2, -0.15) is 0 Å². The standard InChI is InChI=1S/C27H37N3O5/c1-19(2)23(29-25(32)35-27(3,4)5)17-30(26(33)34-18-21-14-10-7-11-15-21)24(31)22(28)16-20-12-8-6-9-13-20/h6-15,19,22-23H,16-18,28H2,1-5H3,(H,29,32)/t22-,23+/m0/s1. The molecule has 190 valence electrons. The summed E-state index contributed by atoms with van der Waals surface area (Å²) in [6.07, 6.45) is -1.19. The number of hydrogen-bond donors (Lipinski definition) is 2. The molecule has 0 radical (unpaired) electrons. The first-order valence-corrected chi connectivity index (χ1v) is 11.8. The fourth-order valence-electron chi connectivity index (χ4n) is 3.29. The molecule has 2 aromatic carbocycles. The van der Waals surface area contributed by atoms with Crippen molar-refractivity contribution >= 4 is 18.1 Å². The molecule has 0 unspecified atom stereocenters. The second kappa shape index (κ2) is 12.9. The average molecular weight is 484 g/mol. The maximum Gasteiger partial charge on any atom is 0.416 e. The lowest BCUT2D eigenvalue weighted by Gasteiger charge is -2.31. The fraction of sp³-hybridized carbons (Fsp3) is 0.444. The molecule has 0 spiro atoms. The Kier molecular flexibility index (Phi) is 10.3. The lowest BCUT2D eigenvalue weighted by Crippen LogP contribution is -2.55. The molecule has 0 saturated carbocycles. The van der Waals surface area contributed by atoms with E-state index < -0.39 is 35.8 Å². The first-order chi connectivity index (χ1) is 16.5. The molecule has 0 aliphatic carbocycles. The number of carbonyl (C=O) groups excluding carboxylic acids is 3. The first kappa shape index (κ1) is 27.9. The van der Waals surface area contributed by atoms with Gasteiger partial charge in [0.25, 0.3) is 0 Å². The van der Waals surface area contributed by atoms with Crippen LogP contribution in [0.2, 0.25) is 0 Å². The van der Waals surface area contributed by atoms with Gasteiger partial charge in [-0.1, -0.05) is 74.5 Å². The van der Waals surface area contributed by atoms with Gasteiger partial charge in [0.15, 0.2) is 0 Å². The number of nitrogens with zero attached hydrogens (tertiary/aromatic N) is 1. The molecule has 0 fully saturated rings. The third kappa shape index (κ3) is 9.78. The van der Waals surface area contributed by atoms with Gasteiger partial charge in [-0.15, -0.1) is 0 Å². The summed E-state index contributed by atoms with van der Waals surface area (Å²) < 4.78 is 10.8. The monoisotopic (exact) mass is 483 g/mol. The molecule has 0 aromatic heterocycles. The third-order valence-electron chi connectivity index (χ3n) is 5.19. The van der Waals surface area contributed by atoms with Gasteiger partial charge in [-0.05, 0) is 44.2 Å². The number of carbonyl (C=O) groups is 3. The Morgan fingerprint density at radius 2 is 1.49 bits per heavy atom. The molecule has 8 nitrogen and oxygen atoms in total. The van der Waals surface area contributed by atoms with E-state index in [9.17, 15) is 14.4 Å². The van der Waals surface area contributed by atoms with E-state index >= 15 is 0 Å². The SMILES string of the molecule is CC(C)[C@@H](CN(C(=O)OCc1ccccc1)C(=O)[C@@H](N)Cc1ccccc1)NC(=O)OC(C)(C)C. The molecule has 0 aliphatic heterocycles. The van der Waals surface area contributed by atoms with E-state index in [2.05, 4.69) is 5.32 Å². The summed E-state index contributed by atoms with van der Waals surface area (Å²) in [5.41, 5.74) is 7.19. The van der Waals surface area contributed by atoms with E-state index in [1.807, 2.05) is 74.5 Å². The van der Waals surface area contributed by atoms with Crippen LogP contribution in [0.4, 0.5) is 9.59 Å². The highest BCUT2D eigenvalue weighted by Gasteiger charge is 2.32. The number of hydrogen-bond acceptors (Lipinski definition) is 6. The Bertz CT molecular complexity index is 958. The van der Waals surface area contributed by atoms with Gasteiger partial charge in [0, 0.05) is 0 Å². The lowest BCUT2D eigenvalue weighted by molar-refractivity contribution is -0.131. The van der Waals surface area contributed by atoms with E-state index in [-0.39, 0.29) is 25.5 Å². The van der Waals surface area contributed by atoms with Crippen LogP contribution in [-0.4, -0.2) is 47.2 Å². The Morgan fingerprint density at radius 3 is 2.00 bits per heavy atom. The van der Waals surface area contributed by atoms with Crippen molar-refractivity contribution in [1.82, 2.24) is 10.2 Å². The second-order valence-corrected chi connectivity index (χ2v) is 9.78. The highest BCUT2D eigenvalue weighted by Crippen LogP contribution is 2.13. The molecule has 0 aliphatic rings. The number of rotatable bonds is 9. The van der Waals surface area contributed by atoms with Crippen LogP contribution in [0.25, 0.3) is 0 Å². The number of nitrogens with two attached hydrogens (primary N) is 1. The quantitative estimate of drug-likeness (QED) is 0.551. The van der Waals surface area contributed by atoms with Gasteiger partial charge >= 0.3 is 12.2 Å². The van der Waals surface area contributed by atoms with Crippen molar-refractivity contribution in [1.29, 1.82) is 0 Å². The number of nitrogens with one attached hydrogen (secondary N) is 1. The third-order valence-corrected chi connectivity index (χ3v) is 5.19. The number of benzene rings is 2. The van der Waals surface area contributed by atoms with E-state index in [1.165, 1.54) is 0 Å². The van der Waals surface area contributed by atoms with Gasteiger partial charge in [0.2, 0.25) is 5.91 Å². The van der Waals surface area contributed by atoms with Crippen molar-refractivity contribution in [2.45, 2.75) is 65.3 Å². The zero-order chi connectivity index (χ0) is 26.0. The largest absolute Gasteiger partial charge is 0.444 e. The Balaban J connectivity index is 2.20. The highest BCUT2D eigenvalue weighted by atomic mass is 16.6. The van der Waals surface area contributed by atoms with Crippen LogP contribution in [0.3, 0.4) is 0 Å². The molecule has 3 amide bonds. The molecule has 2 rings (SSSR count). The fourth-order valence-corrected chi connectivity index (χ4v) is 3.29. The maximum absolute atomic E-state index is 13.3. The van der Waals surface area contributed by atoms with Gasteiger partial charge in [0.1, 0.15) is 12.2 Å². The molecule has 0 saturated heterocycles. The van der Waals surface area contributed by atoms with Crippen LogP contribution in [-0.2, 0) is 27.3 Å². The Hall–Kier alpha value is -3.39. The van der Waals surface area contributed by atoms with Crippen molar-refractivity contribution < 1.29 is 23.9 Å². The first-order valence-electron chi connectivity index (χ1n) is 11.8. The van der Waals surface area contributed by atoms with Crippen molar-refractivity contribution in [3.8, 4) is 0 Å². The van der Waals surface area contributed by atoms with E-state index in [1.54, 1.807) is 20.8 Å². The van der Waals surface area contributed by atoms with E-state index in [4.69, 9.17) is 15.2 Å². The zero-order valence-electron chi connectivity index (χ0n) is 21.2. The second-order valence-electron chi connectivity index (χ2n) is 9.78. The minimum absolute atomic E-state index is 0.00319. The van der Waals surface area contributed by atoms with Crippen LogP contribution in [0.15, 0.2) is 60.7 Å². The van der Waals surface area contributed by atoms with Crippen molar-refractivity contribution in [3.63, 3.8) is 0 Å². The summed E-state index contributed by atoms with van der Waals surface area (Å²) in [6.45, 7) is 8.94. The average Bonchev–Trinajstić information content (AvgIpc) is 2.79. The molecule has 8 heteroatoms. The van der Waals surface area contributed by atoms with Crippen LogP contribution < -0.4 is 11.1 Å². The molecule has 0 heterocycles. The van der Waals surface area contributed by atoms with E-state index in [0.29, 0.717) is 0 Å². The van der Waals surface area contributed by atoms with Crippen molar-refractivity contribution in [2.24, 2.45) is 11.7 Å². The summed E-state index contributed by atoms with van der Waals surface area (Å²) in [7, 11) is 0. The summed E-state index contributed by atoms with van der Waals surface area (Å²) in [5.74, 6) is -0.686. The molecule has 2 aromatic rings. The van der Waals surface area contributed by atoms with Gasteiger partial charge in [-0.3, -0.25) is 4.79 Å². The molecular formula is C27H37N3O5. The molecular weight excluding hydrogens is 446 g/mol. The predicted molar refractivity (Wildman–Crippen MR) is 134 cm³/mol. The topological polar surface area (TPSA) is 111 Å². The van der Waals surface area contributed by atoms with Gasteiger partial charge < -0.3 is 20.5 Å². The number of imide groups is 1. The zero-order valence-corrected chi connectivity index (χ0v) is 21.2. The normalized spacial score (nSPS) is 13.0. The minimum Gasteiger partial charge on any atom is -0.444 e. The van der Waals surface area contributed by atoms with Crippen LogP contribution in [0.5, 0.6) is 0 Å². The summed E-state index contributed by atoms with van der Waals surface area (Å²) in [5, 5.41) is 2.77. The van der Waals surface area contributed by atoms with Crippen molar-refractivity contribution in [2.75, 3.05) is 6.54 Å². The van der Waals surface area contributed by atoms with E-state index in [0.717, 1.165) is 16.0 Å². The maximum atomic E-state index is 13.3. The Morgan fingerprint density at radius 1 is 0.943 bits per heavy atom. The minimum atomic E-state index is -0.962. The molecule has 3 N–H and O–H groups in total. The summed E-state index contributed by atoms with van der Waals surface area (Å²) in [4.78, 5) is 39.8. The summed E-state index contributed by atoms with van der Waals surface area (Å²) in [6, 6.07) is 17.0. The highest BCUT2D eigenvalue weighted by molar-refractivity contribution is 5.95. The van der Waals surface area contributed by atoms with Crippen molar-refractivity contribution in [3.05, 3.63) is 71.8 Å². The number of alkyl carbamates (subject to hydrolysis) is 1. The smallest absolute Gasteiger partial charge is 0.416 e. The predicted octanol–water partition coefficient (Wildman–Crippen LogP) is 4.27. The van der Waals surface area contributed by atoms with Crippen LogP contribution >= 0.6 is 0 Å².